The number of nitrogens with two attached hydrogens (primary N) is 1. The first-order valence-corrected chi connectivity index (χ1v) is 8.75. The van der Waals surface area contributed by atoms with Crippen LogP contribution in [0.2, 0.25) is 0 Å². The molecule has 1 aromatic heterocycles. The van der Waals surface area contributed by atoms with Gasteiger partial charge in [-0.15, -0.1) is 0 Å². The first-order valence-electron chi connectivity index (χ1n) is 7.20. The fraction of sp³-hybridized carbons (Fsp3) is 0.692. The molecular formula is C13H21N3O4S. The van der Waals surface area contributed by atoms with Crippen molar-refractivity contribution in [1.82, 2.24) is 10.2 Å². The minimum absolute atomic E-state index is 0.235. The molecule has 8 heteroatoms. The van der Waals surface area contributed by atoms with E-state index in [1.54, 1.807) is 0 Å². The number of nitrogens with zero attached hydrogens (tertiary/aromatic N) is 1. The summed E-state index contributed by atoms with van der Waals surface area (Å²) in [5, 5.41) is 11.6. The van der Waals surface area contributed by atoms with Crippen LogP contribution in [-0.4, -0.2) is 31.2 Å². The second-order valence-electron chi connectivity index (χ2n) is 5.42. The van der Waals surface area contributed by atoms with Crippen LogP contribution in [0.3, 0.4) is 0 Å². The zero-order valence-corrected chi connectivity index (χ0v) is 12.9. The first-order chi connectivity index (χ1) is 9.93. The van der Waals surface area contributed by atoms with Crippen molar-refractivity contribution in [3.8, 4) is 0 Å². The van der Waals surface area contributed by atoms with Crippen molar-refractivity contribution in [2.24, 2.45) is 11.1 Å². The molecule has 2 rings (SSSR count). The van der Waals surface area contributed by atoms with Crippen molar-refractivity contribution in [3.63, 3.8) is 0 Å². The minimum atomic E-state index is -4.02. The smallest absolute Gasteiger partial charge is 0.360 e. The van der Waals surface area contributed by atoms with Crippen LogP contribution < -0.4 is 5.14 Å². The van der Waals surface area contributed by atoms with Gasteiger partial charge < -0.3 is 4.74 Å². The molecule has 1 aliphatic carbocycles. The zero-order valence-electron chi connectivity index (χ0n) is 12.1. The van der Waals surface area contributed by atoms with Gasteiger partial charge in [0.1, 0.15) is 4.90 Å². The van der Waals surface area contributed by atoms with Crippen LogP contribution >= 0.6 is 0 Å². The van der Waals surface area contributed by atoms with Gasteiger partial charge in [-0.1, -0.05) is 26.2 Å². The van der Waals surface area contributed by atoms with Gasteiger partial charge in [-0.3, -0.25) is 5.10 Å². The Hall–Kier alpha value is -1.41. The number of ether oxygens (including phenoxy) is 1. The third-order valence-corrected chi connectivity index (χ3v) is 4.70. The summed E-state index contributed by atoms with van der Waals surface area (Å²) in [5.41, 5.74) is 0.117. The molecule has 1 saturated carbocycles. The number of hydrogen-bond donors (Lipinski definition) is 2. The number of carbonyl (C=O) groups excluding carboxylic acids is 1. The number of primary sulfonamides is 1. The number of sulfonamides is 1. The Morgan fingerprint density at radius 1 is 1.43 bits per heavy atom. The Bertz CT molecular complexity index is 603. The number of nitrogens with one attached hydrogen (secondary N) is 1. The number of H-pyrrole nitrogens is 1. The minimum Gasteiger partial charge on any atom is -0.461 e. The lowest BCUT2D eigenvalue weighted by Crippen LogP contribution is -2.19. The van der Waals surface area contributed by atoms with Gasteiger partial charge >= 0.3 is 5.97 Å². The van der Waals surface area contributed by atoms with E-state index in [-0.39, 0.29) is 10.6 Å². The normalized spacial score (nSPS) is 16.3. The van der Waals surface area contributed by atoms with E-state index in [0.29, 0.717) is 31.1 Å². The number of rotatable bonds is 6. The summed E-state index contributed by atoms with van der Waals surface area (Å²) < 4.78 is 28.6. The van der Waals surface area contributed by atoms with Crippen LogP contribution in [0.15, 0.2) is 4.90 Å². The average molecular weight is 315 g/mol. The van der Waals surface area contributed by atoms with E-state index in [2.05, 4.69) is 10.2 Å². The fourth-order valence-corrected chi connectivity index (χ4v) is 3.56. The van der Waals surface area contributed by atoms with Crippen molar-refractivity contribution in [2.75, 3.05) is 6.61 Å². The van der Waals surface area contributed by atoms with Gasteiger partial charge in [0.2, 0.25) is 10.0 Å². The number of esters is 1. The molecule has 1 heterocycles. The second-order valence-corrected chi connectivity index (χ2v) is 6.92. The lowest BCUT2D eigenvalue weighted by Gasteiger charge is -2.09. The van der Waals surface area contributed by atoms with E-state index < -0.39 is 16.0 Å². The van der Waals surface area contributed by atoms with Gasteiger partial charge in [0.15, 0.2) is 5.69 Å². The van der Waals surface area contributed by atoms with Crippen molar-refractivity contribution >= 4 is 16.0 Å². The molecule has 0 atom stereocenters. The standard InChI is InChI=1S/C13H21N3O4S/c1-2-5-10-12(21(14,18)19)11(16-15-10)13(17)20-8-9-6-3-4-7-9/h9H,2-8H2,1H3,(H,15,16)(H2,14,18,19). The number of aromatic amines is 1. The molecular weight excluding hydrogens is 294 g/mol. The topological polar surface area (TPSA) is 115 Å². The highest BCUT2D eigenvalue weighted by molar-refractivity contribution is 7.89. The lowest BCUT2D eigenvalue weighted by molar-refractivity contribution is 0.0431. The SMILES string of the molecule is CCCc1[nH]nc(C(=O)OCC2CCCC2)c1S(N)(=O)=O. The quantitative estimate of drug-likeness (QED) is 0.769. The van der Waals surface area contributed by atoms with Crippen LogP contribution in [-0.2, 0) is 21.2 Å². The summed E-state index contributed by atoms with van der Waals surface area (Å²) in [6, 6.07) is 0. The van der Waals surface area contributed by atoms with Gasteiger partial charge in [0.05, 0.1) is 12.3 Å². The maximum atomic E-state index is 12.1. The summed E-state index contributed by atoms with van der Waals surface area (Å²) in [4.78, 5) is 11.8. The predicted octanol–water partition coefficient (Wildman–Crippen LogP) is 1.36. The molecule has 118 valence electrons. The van der Waals surface area contributed by atoms with E-state index in [1.165, 1.54) is 0 Å². The van der Waals surface area contributed by atoms with Crippen molar-refractivity contribution in [1.29, 1.82) is 0 Å². The van der Waals surface area contributed by atoms with Crippen LogP contribution in [0.1, 0.15) is 55.2 Å². The monoisotopic (exact) mass is 315 g/mol. The van der Waals surface area contributed by atoms with Crippen LogP contribution in [0.25, 0.3) is 0 Å². The van der Waals surface area contributed by atoms with Crippen molar-refractivity contribution < 1.29 is 17.9 Å². The summed E-state index contributed by atoms with van der Waals surface area (Å²) in [6.07, 6.45) is 5.53. The molecule has 0 bridgehead atoms. The zero-order chi connectivity index (χ0) is 15.5. The molecule has 1 fully saturated rings. The molecule has 7 nitrogen and oxygen atoms in total. The molecule has 3 N–H and O–H groups in total. The van der Waals surface area contributed by atoms with Gasteiger partial charge in [0.25, 0.3) is 0 Å². The molecule has 0 unspecified atom stereocenters. The van der Waals surface area contributed by atoms with Gasteiger partial charge in [0, 0.05) is 0 Å². The molecule has 0 amide bonds. The molecule has 0 aliphatic heterocycles. The molecule has 0 saturated heterocycles. The summed E-state index contributed by atoms with van der Waals surface area (Å²) in [5.74, 6) is -0.370. The van der Waals surface area contributed by atoms with Crippen LogP contribution in [0.4, 0.5) is 0 Å². The highest BCUT2D eigenvalue weighted by atomic mass is 32.2. The molecule has 0 spiro atoms. The third-order valence-electron chi connectivity index (χ3n) is 3.69. The Morgan fingerprint density at radius 3 is 2.67 bits per heavy atom. The summed E-state index contributed by atoms with van der Waals surface area (Å²) >= 11 is 0. The maximum Gasteiger partial charge on any atom is 0.360 e. The molecule has 1 aromatic rings. The number of carbonyl (C=O) groups is 1. The van der Waals surface area contributed by atoms with Crippen molar-refractivity contribution in [3.05, 3.63) is 11.4 Å². The van der Waals surface area contributed by atoms with E-state index in [4.69, 9.17) is 9.88 Å². The van der Waals surface area contributed by atoms with E-state index >= 15 is 0 Å². The fourth-order valence-electron chi connectivity index (χ4n) is 2.67. The largest absolute Gasteiger partial charge is 0.461 e. The lowest BCUT2D eigenvalue weighted by atomic mass is 10.1. The van der Waals surface area contributed by atoms with Gasteiger partial charge in [-0.2, -0.15) is 5.10 Å². The number of hydrogen-bond acceptors (Lipinski definition) is 5. The first kappa shape index (κ1) is 16.0. The highest BCUT2D eigenvalue weighted by Crippen LogP contribution is 2.25. The Balaban J connectivity index is 2.16. The van der Waals surface area contributed by atoms with Gasteiger partial charge in [-0.05, 0) is 25.2 Å². The number of aromatic nitrogens is 2. The average Bonchev–Trinajstić information content (AvgIpc) is 3.04. The Morgan fingerprint density at radius 2 is 2.10 bits per heavy atom. The van der Waals surface area contributed by atoms with Gasteiger partial charge in [-0.25, -0.2) is 18.4 Å². The van der Waals surface area contributed by atoms with Crippen molar-refractivity contribution in [2.45, 2.75) is 50.3 Å². The Kier molecular flexibility index (Phi) is 5.00. The van der Waals surface area contributed by atoms with Crippen LogP contribution in [0.5, 0.6) is 0 Å². The second kappa shape index (κ2) is 6.57. The van der Waals surface area contributed by atoms with Crippen LogP contribution in [0, 0.1) is 5.92 Å². The summed E-state index contributed by atoms with van der Waals surface area (Å²) in [7, 11) is -4.02. The highest BCUT2D eigenvalue weighted by Gasteiger charge is 2.28. The summed E-state index contributed by atoms with van der Waals surface area (Å²) in [6.45, 7) is 2.20. The molecule has 0 radical (unpaired) electrons. The maximum absolute atomic E-state index is 12.1. The molecule has 21 heavy (non-hydrogen) atoms. The molecule has 1 aliphatic rings. The third kappa shape index (κ3) is 3.82. The predicted molar refractivity (Wildman–Crippen MR) is 76.2 cm³/mol. The molecule has 0 aromatic carbocycles. The van der Waals surface area contributed by atoms with E-state index in [1.807, 2.05) is 6.92 Å². The number of aryl methyl sites for hydroxylation is 1. The Labute approximate surface area is 124 Å². The van der Waals surface area contributed by atoms with E-state index in [9.17, 15) is 13.2 Å². The van der Waals surface area contributed by atoms with E-state index in [0.717, 1.165) is 25.7 Å².